The van der Waals surface area contributed by atoms with Crippen LogP contribution < -0.4 is 4.74 Å². The Labute approximate surface area is 78.7 Å². The second-order valence-corrected chi connectivity index (χ2v) is 2.99. The van der Waals surface area contributed by atoms with Crippen molar-refractivity contribution in [2.24, 2.45) is 0 Å². The van der Waals surface area contributed by atoms with Crippen LogP contribution >= 0.6 is 0 Å². The summed E-state index contributed by atoms with van der Waals surface area (Å²) in [5, 5.41) is 0. The van der Waals surface area contributed by atoms with Gasteiger partial charge >= 0.3 is 0 Å². The van der Waals surface area contributed by atoms with E-state index in [4.69, 9.17) is 9.47 Å². The molecule has 1 aromatic heterocycles. The zero-order valence-electron chi connectivity index (χ0n) is 8.28. The number of aryl methyl sites for hydroxylation is 1. The topological polar surface area (TPSA) is 31.4 Å². The molecule has 0 bridgehead atoms. The minimum atomic E-state index is 0.112. The first kappa shape index (κ1) is 9.99. The zero-order valence-corrected chi connectivity index (χ0v) is 8.28. The molecule has 0 spiro atoms. The number of nitrogens with zero attached hydrogens (tertiary/aromatic N) is 1. The molecule has 0 saturated heterocycles. The summed E-state index contributed by atoms with van der Waals surface area (Å²) in [5.74, 6) is 0.787. The van der Waals surface area contributed by atoms with Crippen molar-refractivity contribution >= 4 is 0 Å². The minimum absolute atomic E-state index is 0.112. The van der Waals surface area contributed by atoms with Crippen LogP contribution in [0.15, 0.2) is 18.3 Å². The first-order valence-electron chi connectivity index (χ1n) is 4.30. The van der Waals surface area contributed by atoms with Gasteiger partial charge < -0.3 is 9.47 Å². The summed E-state index contributed by atoms with van der Waals surface area (Å²) >= 11 is 0. The Kier molecular flexibility index (Phi) is 3.71. The van der Waals surface area contributed by atoms with Gasteiger partial charge in [-0.2, -0.15) is 0 Å². The molecule has 0 aromatic carbocycles. The van der Waals surface area contributed by atoms with E-state index in [0.29, 0.717) is 6.61 Å². The highest BCUT2D eigenvalue weighted by Crippen LogP contribution is 2.08. The molecule has 3 nitrogen and oxygen atoms in total. The SMILES string of the molecule is COC(C)COc1ccc(C)nc1. The van der Waals surface area contributed by atoms with Gasteiger partial charge in [-0.05, 0) is 26.0 Å². The van der Waals surface area contributed by atoms with Crippen LogP contribution in [0.5, 0.6) is 5.75 Å². The summed E-state index contributed by atoms with van der Waals surface area (Å²) in [5.41, 5.74) is 0.993. The average Bonchev–Trinajstić information content (AvgIpc) is 2.16. The lowest BCUT2D eigenvalue weighted by molar-refractivity contribution is 0.0715. The van der Waals surface area contributed by atoms with Crippen molar-refractivity contribution in [3.63, 3.8) is 0 Å². The van der Waals surface area contributed by atoms with Crippen molar-refractivity contribution in [2.75, 3.05) is 13.7 Å². The van der Waals surface area contributed by atoms with Crippen molar-refractivity contribution in [1.82, 2.24) is 4.98 Å². The van der Waals surface area contributed by atoms with Crippen molar-refractivity contribution in [2.45, 2.75) is 20.0 Å². The molecule has 13 heavy (non-hydrogen) atoms. The molecular formula is C10H15NO2. The molecule has 1 atom stereocenters. The van der Waals surface area contributed by atoms with Gasteiger partial charge in [-0.1, -0.05) is 0 Å². The maximum absolute atomic E-state index is 5.43. The summed E-state index contributed by atoms with van der Waals surface area (Å²) < 4.78 is 10.5. The third-order valence-corrected chi connectivity index (χ3v) is 1.77. The molecule has 0 aliphatic carbocycles. The maximum Gasteiger partial charge on any atom is 0.137 e. The normalized spacial score (nSPS) is 12.5. The second-order valence-electron chi connectivity index (χ2n) is 2.99. The first-order valence-corrected chi connectivity index (χ1v) is 4.30. The van der Waals surface area contributed by atoms with E-state index in [-0.39, 0.29) is 6.10 Å². The molecule has 0 fully saturated rings. The third kappa shape index (κ3) is 3.42. The van der Waals surface area contributed by atoms with Gasteiger partial charge in [0.25, 0.3) is 0 Å². The van der Waals surface area contributed by atoms with Crippen molar-refractivity contribution < 1.29 is 9.47 Å². The Hall–Kier alpha value is -1.09. The van der Waals surface area contributed by atoms with E-state index >= 15 is 0 Å². The van der Waals surface area contributed by atoms with Crippen LogP contribution in [0.25, 0.3) is 0 Å². The maximum atomic E-state index is 5.43. The summed E-state index contributed by atoms with van der Waals surface area (Å²) in [6.45, 7) is 4.46. The Morgan fingerprint density at radius 3 is 2.77 bits per heavy atom. The Bertz CT molecular complexity index is 246. The lowest BCUT2D eigenvalue weighted by Gasteiger charge is -2.10. The van der Waals surface area contributed by atoms with Crippen LogP contribution in [0.1, 0.15) is 12.6 Å². The number of methoxy groups -OCH3 is 1. The third-order valence-electron chi connectivity index (χ3n) is 1.77. The van der Waals surface area contributed by atoms with Crippen LogP contribution in [0, 0.1) is 6.92 Å². The summed E-state index contributed by atoms with van der Waals surface area (Å²) in [6.07, 6.45) is 1.83. The minimum Gasteiger partial charge on any atom is -0.489 e. The first-order chi connectivity index (χ1) is 6.22. The van der Waals surface area contributed by atoms with E-state index in [1.165, 1.54) is 0 Å². The van der Waals surface area contributed by atoms with Crippen molar-refractivity contribution in [3.8, 4) is 5.75 Å². The molecule has 1 unspecified atom stereocenters. The number of aromatic nitrogens is 1. The molecule has 0 aliphatic rings. The van der Waals surface area contributed by atoms with E-state index in [2.05, 4.69) is 4.98 Å². The van der Waals surface area contributed by atoms with Crippen LogP contribution in [0.2, 0.25) is 0 Å². The molecule has 1 rings (SSSR count). The number of hydrogen-bond donors (Lipinski definition) is 0. The molecule has 1 heterocycles. The van der Waals surface area contributed by atoms with Gasteiger partial charge in [0.15, 0.2) is 0 Å². The smallest absolute Gasteiger partial charge is 0.137 e. The van der Waals surface area contributed by atoms with Crippen molar-refractivity contribution in [3.05, 3.63) is 24.0 Å². The Morgan fingerprint density at radius 2 is 2.23 bits per heavy atom. The largest absolute Gasteiger partial charge is 0.489 e. The zero-order chi connectivity index (χ0) is 9.68. The summed E-state index contributed by atoms with van der Waals surface area (Å²) in [4.78, 5) is 4.12. The predicted octanol–water partition coefficient (Wildman–Crippen LogP) is 1.80. The molecule has 0 saturated carbocycles. The molecule has 3 heteroatoms. The fourth-order valence-corrected chi connectivity index (χ4v) is 0.821. The fraction of sp³-hybridized carbons (Fsp3) is 0.500. The van der Waals surface area contributed by atoms with Gasteiger partial charge in [0, 0.05) is 12.8 Å². The number of rotatable bonds is 4. The molecule has 0 amide bonds. The highest BCUT2D eigenvalue weighted by atomic mass is 16.5. The lowest BCUT2D eigenvalue weighted by atomic mass is 10.4. The van der Waals surface area contributed by atoms with Crippen LogP contribution in [0.3, 0.4) is 0 Å². The molecule has 0 radical (unpaired) electrons. The number of hydrogen-bond acceptors (Lipinski definition) is 3. The Balaban J connectivity index is 2.41. The average molecular weight is 181 g/mol. The Morgan fingerprint density at radius 1 is 1.46 bits per heavy atom. The van der Waals surface area contributed by atoms with Crippen LogP contribution in [-0.2, 0) is 4.74 Å². The van der Waals surface area contributed by atoms with E-state index in [0.717, 1.165) is 11.4 Å². The number of pyridine rings is 1. The quantitative estimate of drug-likeness (QED) is 0.709. The van der Waals surface area contributed by atoms with E-state index in [1.807, 2.05) is 26.0 Å². The second kappa shape index (κ2) is 4.82. The van der Waals surface area contributed by atoms with Gasteiger partial charge in [-0.25, -0.2) is 0 Å². The van der Waals surface area contributed by atoms with Crippen LogP contribution in [0.4, 0.5) is 0 Å². The van der Waals surface area contributed by atoms with Gasteiger partial charge in [0.2, 0.25) is 0 Å². The molecular weight excluding hydrogens is 166 g/mol. The van der Waals surface area contributed by atoms with E-state index in [9.17, 15) is 0 Å². The fourth-order valence-electron chi connectivity index (χ4n) is 0.821. The lowest BCUT2D eigenvalue weighted by Crippen LogP contribution is -2.15. The van der Waals surface area contributed by atoms with E-state index < -0.39 is 0 Å². The van der Waals surface area contributed by atoms with Gasteiger partial charge in [-0.15, -0.1) is 0 Å². The molecule has 0 N–H and O–H groups in total. The molecule has 1 aromatic rings. The monoisotopic (exact) mass is 181 g/mol. The summed E-state index contributed by atoms with van der Waals surface area (Å²) in [7, 11) is 1.67. The van der Waals surface area contributed by atoms with E-state index in [1.54, 1.807) is 13.3 Å². The van der Waals surface area contributed by atoms with Gasteiger partial charge in [0.05, 0.1) is 12.3 Å². The number of ether oxygens (including phenoxy) is 2. The predicted molar refractivity (Wildman–Crippen MR) is 50.9 cm³/mol. The molecule has 0 aliphatic heterocycles. The van der Waals surface area contributed by atoms with Gasteiger partial charge in [0.1, 0.15) is 12.4 Å². The summed E-state index contributed by atoms with van der Waals surface area (Å²) in [6, 6.07) is 3.83. The van der Waals surface area contributed by atoms with Crippen LogP contribution in [-0.4, -0.2) is 24.8 Å². The van der Waals surface area contributed by atoms with Gasteiger partial charge in [-0.3, -0.25) is 4.98 Å². The highest BCUT2D eigenvalue weighted by Gasteiger charge is 2.00. The molecule has 72 valence electrons. The van der Waals surface area contributed by atoms with Crippen molar-refractivity contribution in [1.29, 1.82) is 0 Å². The standard InChI is InChI=1S/C10H15NO2/c1-8-4-5-10(6-11-8)13-7-9(2)12-3/h4-6,9H,7H2,1-3H3. The highest BCUT2D eigenvalue weighted by molar-refractivity contribution is 5.18.